The molecule has 1 aliphatic rings. The molecule has 1 aliphatic carbocycles. The molecule has 1 amide bonds. The number of benzene rings is 1. The summed E-state index contributed by atoms with van der Waals surface area (Å²) in [7, 11) is 0. The van der Waals surface area contributed by atoms with Crippen molar-refractivity contribution in [3.05, 3.63) is 57.8 Å². The summed E-state index contributed by atoms with van der Waals surface area (Å²) in [5, 5.41) is 5.29. The van der Waals surface area contributed by atoms with E-state index in [1.54, 1.807) is 0 Å². The Bertz CT molecular complexity index is 595. The van der Waals surface area contributed by atoms with Gasteiger partial charge in [0.2, 0.25) is 0 Å². The molecule has 0 bridgehead atoms. The molecule has 3 rings (SSSR count). The molecule has 21 heavy (non-hydrogen) atoms. The molecule has 1 saturated carbocycles. The van der Waals surface area contributed by atoms with Crippen molar-refractivity contribution in [1.29, 1.82) is 0 Å². The minimum Gasteiger partial charge on any atom is -0.351 e. The lowest BCUT2D eigenvalue weighted by molar-refractivity contribution is 0.0943. The molecule has 2 aromatic rings. The zero-order chi connectivity index (χ0) is 14.7. The predicted octanol–water partition coefficient (Wildman–Crippen LogP) is 4.30. The molecule has 0 radical (unpaired) electrons. The van der Waals surface area contributed by atoms with E-state index in [0.29, 0.717) is 0 Å². The lowest BCUT2D eigenvalue weighted by Gasteiger charge is -2.28. The lowest BCUT2D eigenvalue weighted by Crippen LogP contribution is -2.38. The van der Waals surface area contributed by atoms with Crippen LogP contribution in [0.4, 0.5) is 0 Å². The zero-order valence-electron chi connectivity index (χ0n) is 12.4. The number of hydrogen-bond donors (Lipinski definition) is 1. The summed E-state index contributed by atoms with van der Waals surface area (Å²) in [5.74, 6) is 0.0397. The number of aryl methyl sites for hydroxylation is 1. The average Bonchev–Trinajstić information content (AvgIpc) is 3.17. The third-order valence-corrected chi connectivity index (χ3v) is 5.62. The maximum absolute atomic E-state index is 12.3. The molecule has 0 spiro atoms. The third kappa shape index (κ3) is 3.03. The van der Waals surface area contributed by atoms with Crippen LogP contribution in [0.15, 0.2) is 41.8 Å². The van der Waals surface area contributed by atoms with Gasteiger partial charge in [-0.05, 0) is 43.3 Å². The van der Waals surface area contributed by atoms with E-state index in [9.17, 15) is 4.79 Å². The fourth-order valence-electron chi connectivity index (χ4n) is 3.20. The Morgan fingerprint density at radius 3 is 2.52 bits per heavy atom. The van der Waals surface area contributed by atoms with Crippen molar-refractivity contribution in [3.63, 3.8) is 0 Å². The Labute approximate surface area is 130 Å². The van der Waals surface area contributed by atoms with Crippen molar-refractivity contribution >= 4 is 17.2 Å². The summed E-state index contributed by atoms with van der Waals surface area (Å²) < 4.78 is 0. The Morgan fingerprint density at radius 1 is 1.19 bits per heavy atom. The first-order valence-corrected chi connectivity index (χ1v) is 8.46. The third-order valence-electron chi connectivity index (χ3n) is 4.51. The monoisotopic (exact) mass is 299 g/mol. The average molecular weight is 299 g/mol. The van der Waals surface area contributed by atoms with Crippen LogP contribution in [-0.2, 0) is 5.41 Å². The molecule has 1 heterocycles. The second-order valence-electron chi connectivity index (χ2n) is 6.01. The van der Waals surface area contributed by atoms with Gasteiger partial charge in [-0.25, -0.2) is 0 Å². The van der Waals surface area contributed by atoms with Gasteiger partial charge in [-0.15, -0.1) is 11.3 Å². The minimum atomic E-state index is 0.0397. The molecule has 0 saturated heterocycles. The number of amides is 1. The topological polar surface area (TPSA) is 29.1 Å². The summed E-state index contributed by atoms with van der Waals surface area (Å²) in [6.07, 6.45) is 4.89. The molecule has 1 N–H and O–H groups in total. The van der Waals surface area contributed by atoms with Crippen molar-refractivity contribution in [2.24, 2.45) is 0 Å². The highest BCUT2D eigenvalue weighted by Crippen LogP contribution is 2.42. The lowest BCUT2D eigenvalue weighted by atomic mass is 9.84. The normalized spacial score (nSPS) is 16.8. The molecule has 1 aromatic heterocycles. The quantitative estimate of drug-likeness (QED) is 0.896. The second kappa shape index (κ2) is 6.02. The van der Waals surface area contributed by atoms with Gasteiger partial charge < -0.3 is 5.32 Å². The maximum atomic E-state index is 12.3. The minimum absolute atomic E-state index is 0.0397. The van der Waals surface area contributed by atoms with Gasteiger partial charge in [-0.3, -0.25) is 4.79 Å². The predicted molar refractivity (Wildman–Crippen MR) is 88.0 cm³/mol. The van der Waals surface area contributed by atoms with Crippen LogP contribution in [0.5, 0.6) is 0 Å². The Kier molecular flexibility index (Phi) is 4.11. The van der Waals surface area contributed by atoms with Crippen LogP contribution < -0.4 is 5.32 Å². The fourth-order valence-corrected chi connectivity index (χ4v) is 4.19. The second-order valence-corrected chi connectivity index (χ2v) is 6.96. The van der Waals surface area contributed by atoms with E-state index in [-0.39, 0.29) is 11.3 Å². The molecule has 0 aliphatic heterocycles. The summed E-state index contributed by atoms with van der Waals surface area (Å²) in [6.45, 7) is 2.78. The Morgan fingerprint density at radius 2 is 1.90 bits per heavy atom. The van der Waals surface area contributed by atoms with Crippen LogP contribution in [-0.4, -0.2) is 12.5 Å². The van der Waals surface area contributed by atoms with E-state index in [4.69, 9.17) is 0 Å². The molecular weight excluding hydrogens is 278 g/mol. The van der Waals surface area contributed by atoms with Crippen molar-refractivity contribution in [2.45, 2.75) is 38.0 Å². The Balaban J connectivity index is 1.70. The molecule has 2 nitrogen and oxygen atoms in total. The largest absolute Gasteiger partial charge is 0.351 e. The van der Waals surface area contributed by atoms with Crippen LogP contribution in [0.3, 0.4) is 0 Å². The number of carbonyl (C=O) groups excluding carboxylic acids is 1. The van der Waals surface area contributed by atoms with E-state index < -0.39 is 0 Å². The first kappa shape index (κ1) is 14.3. The van der Waals surface area contributed by atoms with Crippen LogP contribution in [0.1, 0.15) is 46.5 Å². The Hall–Kier alpha value is -1.61. The van der Waals surface area contributed by atoms with Gasteiger partial charge in [0.1, 0.15) is 0 Å². The van der Waals surface area contributed by atoms with Gasteiger partial charge in [0, 0.05) is 22.4 Å². The standard InChI is InChI=1S/C18H21NOS/c1-14-6-8-15(9-7-14)17(20)19-13-18(10-2-3-11-18)16-5-4-12-21-16/h4-9,12H,2-3,10-11,13H2,1H3,(H,19,20). The molecule has 0 atom stereocenters. The molecule has 110 valence electrons. The molecular formula is C18H21NOS. The summed E-state index contributed by atoms with van der Waals surface area (Å²) in [5.41, 5.74) is 2.09. The highest BCUT2D eigenvalue weighted by Gasteiger charge is 2.36. The number of hydrogen-bond acceptors (Lipinski definition) is 2. The van der Waals surface area contributed by atoms with Gasteiger partial charge in [0.05, 0.1) is 0 Å². The summed E-state index contributed by atoms with van der Waals surface area (Å²) in [6, 6.07) is 12.1. The maximum Gasteiger partial charge on any atom is 0.251 e. The van der Waals surface area contributed by atoms with E-state index in [1.807, 2.05) is 42.5 Å². The first-order valence-electron chi connectivity index (χ1n) is 7.58. The van der Waals surface area contributed by atoms with Crippen LogP contribution in [0.25, 0.3) is 0 Å². The number of nitrogens with one attached hydrogen (secondary N) is 1. The number of thiophene rings is 1. The summed E-state index contributed by atoms with van der Waals surface area (Å²) >= 11 is 1.82. The van der Waals surface area contributed by atoms with Gasteiger partial charge in [-0.1, -0.05) is 36.6 Å². The van der Waals surface area contributed by atoms with Crippen molar-refractivity contribution in [3.8, 4) is 0 Å². The fraction of sp³-hybridized carbons (Fsp3) is 0.389. The highest BCUT2D eigenvalue weighted by atomic mass is 32.1. The molecule has 1 aromatic carbocycles. The van der Waals surface area contributed by atoms with E-state index >= 15 is 0 Å². The van der Waals surface area contributed by atoms with Gasteiger partial charge in [-0.2, -0.15) is 0 Å². The van der Waals surface area contributed by atoms with Crippen molar-refractivity contribution in [2.75, 3.05) is 6.54 Å². The number of carbonyl (C=O) groups is 1. The molecule has 3 heteroatoms. The van der Waals surface area contributed by atoms with Crippen LogP contribution >= 0.6 is 11.3 Å². The van der Waals surface area contributed by atoms with Crippen LogP contribution in [0.2, 0.25) is 0 Å². The van der Waals surface area contributed by atoms with Gasteiger partial charge in [0.25, 0.3) is 5.91 Å². The molecule has 1 fully saturated rings. The smallest absolute Gasteiger partial charge is 0.251 e. The van der Waals surface area contributed by atoms with E-state index in [0.717, 1.165) is 12.1 Å². The van der Waals surface area contributed by atoms with Crippen molar-refractivity contribution in [1.82, 2.24) is 5.32 Å². The van der Waals surface area contributed by atoms with Gasteiger partial charge >= 0.3 is 0 Å². The van der Waals surface area contributed by atoms with E-state index in [1.165, 1.54) is 36.1 Å². The van der Waals surface area contributed by atoms with Gasteiger partial charge in [0.15, 0.2) is 0 Å². The number of rotatable bonds is 4. The SMILES string of the molecule is Cc1ccc(C(=O)NCC2(c3cccs3)CCCC2)cc1. The van der Waals surface area contributed by atoms with E-state index in [2.05, 4.69) is 22.8 Å². The first-order chi connectivity index (χ1) is 10.2. The highest BCUT2D eigenvalue weighted by molar-refractivity contribution is 7.10. The zero-order valence-corrected chi connectivity index (χ0v) is 13.2. The molecule has 0 unspecified atom stereocenters. The van der Waals surface area contributed by atoms with Crippen molar-refractivity contribution < 1.29 is 4.79 Å². The van der Waals surface area contributed by atoms with Crippen LogP contribution in [0, 0.1) is 6.92 Å². The summed E-state index contributed by atoms with van der Waals surface area (Å²) in [4.78, 5) is 13.7.